The fraction of sp³-hybridized carbons (Fsp3) is 0.183. The summed E-state index contributed by atoms with van der Waals surface area (Å²) in [5.41, 5.74) is 21.7. The van der Waals surface area contributed by atoms with E-state index in [1.165, 1.54) is 85.4 Å². The summed E-state index contributed by atoms with van der Waals surface area (Å²) in [4.78, 5) is 137. The molecule has 7 atom stereocenters. The summed E-state index contributed by atoms with van der Waals surface area (Å²) in [5, 5.41) is 93.7. The molecular weight excluding hydrogens is 1870 g/mol. The summed E-state index contributed by atoms with van der Waals surface area (Å²) >= 11 is 12.6. The van der Waals surface area contributed by atoms with E-state index in [-0.39, 0.29) is 54.1 Å². The number of thiazole rings is 4. The molecule has 134 heavy (non-hydrogen) atoms. The normalized spacial score (nSPS) is 12.2. The molecule has 41 heteroatoms. The number of aliphatic carboxylic acids is 1. The van der Waals surface area contributed by atoms with Gasteiger partial charge in [0.1, 0.15) is 44.8 Å². The number of ether oxygens (including phenoxy) is 2. The number of nitro benzene ring substituents is 4. The van der Waals surface area contributed by atoms with Gasteiger partial charge in [-0.1, -0.05) is 164 Å². The minimum absolute atomic E-state index is 0.0109. The predicted molar refractivity (Wildman–Crippen MR) is 520 cm³/mol. The minimum atomic E-state index is -1.12. The molecule has 0 bridgehead atoms. The largest absolute Gasteiger partial charge is 0.480 e. The Bertz CT molecular complexity index is 5940. The van der Waals surface area contributed by atoms with Gasteiger partial charge in [-0.15, -0.1) is 90.7 Å². The number of aromatic nitrogens is 4. The quantitative estimate of drug-likeness (QED) is 0.0132. The number of aliphatic hydroxyl groups excluding tert-OH is 1. The van der Waals surface area contributed by atoms with Crippen LogP contribution in [0.5, 0.6) is 0 Å². The Morgan fingerprint density at radius 2 is 0.597 bits per heavy atom. The number of rotatable bonds is 35. The Hall–Kier alpha value is -14.2. The van der Waals surface area contributed by atoms with E-state index in [0.717, 1.165) is 89.9 Å². The number of hydrogen-bond acceptors (Lipinski definition) is 31. The van der Waals surface area contributed by atoms with Gasteiger partial charge in [0.15, 0.2) is 0 Å². The van der Waals surface area contributed by atoms with Gasteiger partial charge >= 0.3 is 18.2 Å². The molecule has 0 radical (unpaired) electrons. The zero-order chi connectivity index (χ0) is 95.4. The number of nitro groups is 4. The number of thiophene rings is 4. The first kappa shape index (κ1) is 100. The molecule has 5 amide bonds. The molecule has 7 aromatic carbocycles. The first-order valence-corrected chi connectivity index (χ1v) is 47.7. The maximum absolute atomic E-state index is 13.5. The van der Waals surface area contributed by atoms with Gasteiger partial charge in [-0.05, 0) is 110 Å². The summed E-state index contributed by atoms with van der Waals surface area (Å²) in [7, 11) is 2.48. The Morgan fingerprint density at radius 3 is 0.851 bits per heavy atom. The first-order chi connectivity index (χ1) is 64.7. The Kier molecular flexibility index (Phi) is 38.2. The van der Waals surface area contributed by atoms with Crippen molar-refractivity contribution in [2.75, 3.05) is 20.8 Å². The second-order valence-corrected chi connectivity index (χ2v) is 36.4. The number of nitrogens with one attached hydrogen (secondary N) is 5. The number of amides is 5. The highest BCUT2D eigenvalue weighted by Crippen LogP contribution is 2.36. The van der Waals surface area contributed by atoms with Gasteiger partial charge in [-0.2, -0.15) is 0 Å². The molecule has 15 rings (SSSR count). The molecule has 33 nitrogen and oxygen atoms in total. The molecule has 11 N–H and O–H groups in total. The third-order valence-corrected chi connectivity index (χ3v) is 27.3. The van der Waals surface area contributed by atoms with E-state index in [9.17, 15) is 69.2 Å². The number of carbonyl (C=O) groups excluding carboxylic acids is 5. The van der Waals surface area contributed by atoms with Crippen LogP contribution in [0.2, 0.25) is 0 Å². The van der Waals surface area contributed by atoms with E-state index < -0.39 is 92.4 Å². The highest BCUT2D eigenvalue weighted by molar-refractivity contribution is 7.21. The predicted octanol–water partition coefficient (Wildman–Crippen LogP) is 18.1. The Morgan fingerprint density at radius 1 is 0.336 bits per heavy atom. The molecule has 690 valence electrons. The average Bonchev–Trinajstić information content (AvgIpc) is 1.68. The minimum Gasteiger partial charge on any atom is -0.480 e. The molecule has 15 aromatic rings. The highest BCUT2D eigenvalue weighted by atomic mass is 32.1. The maximum Gasteiger partial charge on any atom is 0.407 e. The van der Waals surface area contributed by atoms with Crippen LogP contribution >= 0.6 is 90.7 Å². The van der Waals surface area contributed by atoms with Crippen molar-refractivity contribution in [3.63, 3.8) is 0 Å². The molecule has 0 spiro atoms. The second kappa shape index (κ2) is 51.0. The van der Waals surface area contributed by atoms with E-state index in [0.29, 0.717) is 37.1 Å². The lowest BCUT2D eigenvalue weighted by atomic mass is 10.0. The first-order valence-electron chi connectivity index (χ1n) is 40.7. The van der Waals surface area contributed by atoms with Crippen LogP contribution in [0.25, 0.3) is 39.5 Å². The number of hydrogen-bond donors (Lipinski definition) is 9. The number of alkyl carbamates (subject to hydrolysis) is 2. The third-order valence-electron chi connectivity index (χ3n) is 19.7. The summed E-state index contributed by atoms with van der Waals surface area (Å²) in [6.45, 7) is -0.710. The van der Waals surface area contributed by atoms with Gasteiger partial charge in [0.2, 0.25) is 17.7 Å². The number of benzene rings is 7. The number of aliphatic hydroxyl groups is 1. The van der Waals surface area contributed by atoms with Crippen LogP contribution in [-0.4, -0.2) is 125 Å². The van der Waals surface area contributed by atoms with Gasteiger partial charge in [-0.3, -0.25) is 54.8 Å². The topological polar surface area (TPSA) is 498 Å². The fourth-order valence-electron chi connectivity index (χ4n) is 12.9. The molecule has 0 aliphatic rings. The van der Waals surface area contributed by atoms with Crippen molar-refractivity contribution < 1.29 is 68.1 Å². The van der Waals surface area contributed by atoms with E-state index >= 15 is 0 Å². The molecule has 0 fully saturated rings. The summed E-state index contributed by atoms with van der Waals surface area (Å²) in [5.74, 6) is -2.60. The zero-order valence-electron chi connectivity index (χ0n) is 71.3. The van der Waals surface area contributed by atoms with E-state index in [2.05, 4.69) is 36.6 Å². The highest BCUT2D eigenvalue weighted by Gasteiger charge is 2.30. The number of nitrogens with zero attached hydrogens (tertiary/aromatic N) is 8. The van der Waals surface area contributed by atoms with Crippen LogP contribution < -0.4 is 38.1 Å². The van der Waals surface area contributed by atoms with Crippen LogP contribution in [0.3, 0.4) is 0 Å². The maximum atomic E-state index is 13.5. The lowest BCUT2D eigenvalue weighted by Crippen LogP contribution is -2.49. The monoisotopic (exact) mass is 1960 g/mol. The fourth-order valence-corrected chi connectivity index (χ4v) is 19.6. The third kappa shape index (κ3) is 30.9. The van der Waals surface area contributed by atoms with Crippen molar-refractivity contribution in [2.45, 2.75) is 87.2 Å². The van der Waals surface area contributed by atoms with E-state index in [1.54, 1.807) is 141 Å². The van der Waals surface area contributed by atoms with Crippen LogP contribution in [0.4, 0.5) is 32.3 Å². The van der Waals surface area contributed by atoms with Crippen LogP contribution in [-0.2, 0) is 73.6 Å². The molecule has 0 aliphatic carbocycles. The van der Waals surface area contributed by atoms with Gasteiger partial charge in [0.05, 0.1) is 100 Å². The van der Waals surface area contributed by atoms with Crippen LogP contribution in [0, 0.1) is 40.5 Å². The molecule has 0 unspecified atom stereocenters. The summed E-state index contributed by atoms with van der Waals surface area (Å²) < 4.78 is 9.47. The van der Waals surface area contributed by atoms with Crippen LogP contribution in [0.1, 0.15) is 85.9 Å². The number of carbonyl (C=O) groups is 6. The van der Waals surface area contributed by atoms with E-state index in [1.807, 2.05) is 158 Å². The molecular formula is C93H87N15O18S8. The zero-order valence-corrected chi connectivity index (χ0v) is 77.8. The van der Waals surface area contributed by atoms with Gasteiger partial charge < -0.3 is 57.7 Å². The standard InChI is InChI=1S/2C26H24N4O5S2.2C15H13N3O2S2.C11H13NO4/c2*1-35-26(32)29-21(15-17-6-3-2-4-7-17)24(31)27-20(14-18-9-11-19(12-10-18)30(33)34)22-16-37-25(28-22)23-8-5-13-36-23;2*16-12(8-10-3-5-11(6-4-10)18(19)20)13-9-22-15(17-13)14-2-1-7-21-14;13-7-10(14)12-9(11(15)16)6-8-4-2-1-3-5-8/h2*2-13,16,20-21H,14-15H2,1H3,(H,27,31)(H,29,32);2*1-7,9,12H,8,16H2;1-5,9,13H,6-7H2,(H,12,14)(H,15,16)/t2*20-,21-;2*12-;9-/m00000/s1. The number of carboxylic acids is 1. The second-order valence-electron chi connectivity index (χ2n) is 29.1. The molecule has 0 aliphatic heterocycles. The van der Waals surface area contributed by atoms with Gasteiger partial charge in [0, 0.05) is 89.3 Å². The van der Waals surface area contributed by atoms with Gasteiger partial charge in [0.25, 0.3) is 22.7 Å². The number of nitrogens with two attached hydrogens (primary N) is 2. The molecule has 0 saturated carbocycles. The van der Waals surface area contributed by atoms with Crippen molar-refractivity contribution in [1.82, 2.24) is 46.5 Å². The van der Waals surface area contributed by atoms with E-state index in [4.69, 9.17) is 41.1 Å². The van der Waals surface area contributed by atoms with Crippen LogP contribution in [0.15, 0.2) is 280 Å². The SMILES string of the molecule is COC(=O)N[C@@H](Cc1ccccc1)C(=O)N[C@@H](Cc1ccc([N+](=O)[O-])cc1)c1csc(-c2cccs2)n1.COC(=O)N[C@@H](Cc1ccccc1)C(=O)N[C@@H](Cc1ccc([N+](=O)[O-])cc1)c1csc(-c2cccs2)n1.N[C@@H](Cc1ccc([N+](=O)[O-])cc1)c1csc(-c2cccs2)n1.N[C@@H](Cc1ccc([N+](=O)[O-])cc1)c1csc(-c2cccs2)n1.O=C(CO)N[C@@H](Cc1ccccc1)C(=O)O. The average molecular weight is 1960 g/mol. The summed E-state index contributed by atoms with van der Waals surface area (Å²) in [6, 6.07) is 64.7. The van der Waals surface area contributed by atoms with Crippen molar-refractivity contribution in [3.05, 3.63) is 382 Å². The summed E-state index contributed by atoms with van der Waals surface area (Å²) in [6.07, 6.45) is 1.22. The van der Waals surface area contributed by atoms with Crippen molar-refractivity contribution >= 4 is 149 Å². The van der Waals surface area contributed by atoms with Crippen molar-refractivity contribution in [3.8, 4) is 39.5 Å². The van der Waals surface area contributed by atoms with Gasteiger partial charge in [-0.25, -0.2) is 34.3 Å². The van der Waals surface area contributed by atoms with Crippen molar-refractivity contribution in [2.24, 2.45) is 11.5 Å². The lowest BCUT2D eigenvalue weighted by molar-refractivity contribution is -0.385. The van der Waals surface area contributed by atoms with Crippen molar-refractivity contribution in [1.29, 1.82) is 0 Å². The number of carboxylic acid groups (broad SMARTS) is 1. The Labute approximate surface area is 798 Å². The Balaban J connectivity index is 0.000000167. The number of methoxy groups -OCH3 is 2. The molecule has 8 heterocycles. The molecule has 0 saturated heterocycles. The number of non-ortho nitro benzene ring substituents is 4. The molecule has 8 aromatic heterocycles. The smallest absolute Gasteiger partial charge is 0.407 e. The lowest BCUT2D eigenvalue weighted by Gasteiger charge is -2.22.